The summed E-state index contributed by atoms with van der Waals surface area (Å²) in [5, 5.41) is 3.11. The molecule has 6 heteroatoms. The molecule has 0 aliphatic carbocycles. The predicted molar refractivity (Wildman–Crippen MR) is 152 cm³/mol. The quantitative estimate of drug-likeness (QED) is 0.242. The zero-order valence-corrected chi connectivity index (χ0v) is 23.5. The van der Waals surface area contributed by atoms with Gasteiger partial charge in [0, 0.05) is 29.9 Å². The van der Waals surface area contributed by atoms with Crippen molar-refractivity contribution in [3.8, 4) is 5.75 Å². The van der Waals surface area contributed by atoms with Gasteiger partial charge in [-0.05, 0) is 62.1 Å². The highest BCUT2D eigenvalue weighted by molar-refractivity contribution is 9.10. The highest BCUT2D eigenvalue weighted by Gasteiger charge is 2.30. The van der Waals surface area contributed by atoms with E-state index in [1.54, 1.807) is 4.90 Å². The summed E-state index contributed by atoms with van der Waals surface area (Å²) in [5.41, 5.74) is 3.15. The number of nitrogens with zero attached hydrogens (tertiary/aromatic N) is 1. The molecule has 0 aliphatic heterocycles. The Morgan fingerprint density at radius 2 is 1.68 bits per heavy atom. The first-order chi connectivity index (χ1) is 17.9. The number of rotatable bonds is 13. The van der Waals surface area contributed by atoms with Crippen LogP contribution < -0.4 is 10.1 Å². The van der Waals surface area contributed by atoms with E-state index in [2.05, 4.69) is 21.2 Å². The average Bonchev–Trinajstić information content (AvgIpc) is 2.90. The molecule has 0 fully saturated rings. The van der Waals surface area contributed by atoms with Gasteiger partial charge < -0.3 is 15.0 Å². The fourth-order valence-electron chi connectivity index (χ4n) is 4.02. The van der Waals surface area contributed by atoms with Crippen molar-refractivity contribution in [1.82, 2.24) is 10.2 Å². The van der Waals surface area contributed by atoms with Crippen LogP contribution in [0.5, 0.6) is 5.75 Å². The fraction of sp³-hybridized carbons (Fsp3) is 0.355. The zero-order chi connectivity index (χ0) is 26.6. The van der Waals surface area contributed by atoms with E-state index in [-0.39, 0.29) is 17.9 Å². The van der Waals surface area contributed by atoms with Crippen LogP contribution in [0.2, 0.25) is 0 Å². The highest BCUT2D eigenvalue weighted by atomic mass is 79.9. The molecule has 5 nitrogen and oxygen atoms in total. The maximum absolute atomic E-state index is 13.7. The largest absolute Gasteiger partial charge is 0.494 e. The Morgan fingerprint density at radius 3 is 2.35 bits per heavy atom. The molecule has 3 aromatic rings. The molecule has 0 saturated heterocycles. The van der Waals surface area contributed by atoms with Crippen LogP contribution in [0.4, 0.5) is 0 Å². The monoisotopic (exact) mass is 564 g/mol. The van der Waals surface area contributed by atoms with Crippen molar-refractivity contribution in [2.75, 3.05) is 6.61 Å². The number of carbonyl (C=O) groups excluding carboxylic acids is 2. The fourth-order valence-corrected chi connectivity index (χ4v) is 4.47. The minimum Gasteiger partial charge on any atom is -0.494 e. The van der Waals surface area contributed by atoms with Gasteiger partial charge >= 0.3 is 0 Å². The van der Waals surface area contributed by atoms with Gasteiger partial charge in [-0.1, -0.05) is 83.0 Å². The summed E-state index contributed by atoms with van der Waals surface area (Å²) in [6.07, 6.45) is 2.12. The van der Waals surface area contributed by atoms with E-state index in [9.17, 15) is 9.59 Å². The third-order valence-corrected chi connectivity index (χ3v) is 6.83. The maximum Gasteiger partial charge on any atom is 0.243 e. The van der Waals surface area contributed by atoms with E-state index in [0.717, 1.165) is 27.8 Å². The molecule has 0 aromatic heterocycles. The lowest BCUT2D eigenvalue weighted by Gasteiger charge is -2.32. The average molecular weight is 566 g/mol. The Kier molecular flexibility index (Phi) is 11.2. The van der Waals surface area contributed by atoms with Gasteiger partial charge in [0.05, 0.1) is 6.61 Å². The summed E-state index contributed by atoms with van der Waals surface area (Å²) in [7, 11) is 0. The summed E-state index contributed by atoms with van der Waals surface area (Å²) in [6.45, 7) is 6.84. The van der Waals surface area contributed by atoms with Crippen molar-refractivity contribution in [1.29, 1.82) is 0 Å². The lowest BCUT2D eigenvalue weighted by Crippen LogP contribution is -2.52. The third-order valence-electron chi connectivity index (χ3n) is 6.34. The number of amides is 2. The molecule has 37 heavy (non-hydrogen) atoms. The van der Waals surface area contributed by atoms with Crippen LogP contribution in [0.1, 0.15) is 49.8 Å². The van der Waals surface area contributed by atoms with Crippen molar-refractivity contribution in [2.24, 2.45) is 0 Å². The van der Waals surface area contributed by atoms with Gasteiger partial charge in [-0.2, -0.15) is 0 Å². The van der Waals surface area contributed by atoms with Gasteiger partial charge in [-0.3, -0.25) is 9.59 Å². The van der Waals surface area contributed by atoms with Crippen LogP contribution >= 0.6 is 15.9 Å². The number of nitrogens with one attached hydrogen (secondary N) is 1. The molecule has 3 rings (SSSR count). The number of halogens is 1. The molecule has 3 aromatic carbocycles. The second-order valence-corrected chi connectivity index (χ2v) is 10.4. The molecule has 0 unspecified atom stereocenters. The minimum absolute atomic E-state index is 0.0245. The van der Waals surface area contributed by atoms with Gasteiger partial charge in [0.2, 0.25) is 11.8 Å². The van der Waals surface area contributed by atoms with Crippen molar-refractivity contribution in [3.05, 3.63) is 100 Å². The normalized spacial score (nSPS) is 12.4. The van der Waals surface area contributed by atoms with E-state index >= 15 is 0 Å². The van der Waals surface area contributed by atoms with Crippen molar-refractivity contribution >= 4 is 27.7 Å². The molecule has 0 spiro atoms. The molecule has 2 atom stereocenters. The van der Waals surface area contributed by atoms with Crippen molar-refractivity contribution in [2.45, 2.75) is 65.1 Å². The number of benzene rings is 3. The molecule has 0 radical (unpaired) electrons. The van der Waals surface area contributed by atoms with Gasteiger partial charge in [0.1, 0.15) is 11.8 Å². The van der Waals surface area contributed by atoms with Gasteiger partial charge in [-0.15, -0.1) is 0 Å². The molecular formula is C31H37BrN2O3. The maximum atomic E-state index is 13.7. The second-order valence-electron chi connectivity index (χ2n) is 9.44. The summed E-state index contributed by atoms with van der Waals surface area (Å²) in [6, 6.07) is 25.0. The number of ether oxygens (including phenoxy) is 1. The highest BCUT2D eigenvalue weighted by Crippen LogP contribution is 2.19. The van der Waals surface area contributed by atoms with Crippen LogP contribution in [0.3, 0.4) is 0 Å². The van der Waals surface area contributed by atoms with Gasteiger partial charge in [0.15, 0.2) is 0 Å². The molecule has 1 N–H and O–H groups in total. The predicted octanol–water partition coefficient (Wildman–Crippen LogP) is 6.47. The van der Waals surface area contributed by atoms with E-state index < -0.39 is 6.04 Å². The first kappa shape index (κ1) is 28.5. The molecule has 0 saturated carbocycles. The van der Waals surface area contributed by atoms with Crippen molar-refractivity contribution < 1.29 is 14.3 Å². The van der Waals surface area contributed by atoms with Crippen LogP contribution in [0.15, 0.2) is 83.3 Å². The van der Waals surface area contributed by atoms with E-state index in [1.165, 1.54) is 5.56 Å². The number of aryl methyl sites for hydroxylation is 1. The summed E-state index contributed by atoms with van der Waals surface area (Å²) in [5.74, 6) is 0.601. The Morgan fingerprint density at radius 1 is 0.973 bits per heavy atom. The Labute approximate surface area is 229 Å². The van der Waals surface area contributed by atoms with Crippen LogP contribution in [-0.2, 0) is 22.6 Å². The number of hydrogen-bond acceptors (Lipinski definition) is 3. The zero-order valence-electron chi connectivity index (χ0n) is 22.0. The van der Waals surface area contributed by atoms with E-state index in [1.807, 2.05) is 99.6 Å². The third kappa shape index (κ3) is 9.36. The topological polar surface area (TPSA) is 58.6 Å². The lowest BCUT2D eigenvalue weighted by molar-refractivity contribution is -0.141. The van der Waals surface area contributed by atoms with Gasteiger partial charge in [-0.25, -0.2) is 0 Å². The smallest absolute Gasteiger partial charge is 0.243 e. The second kappa shape index (κ2) is 14.6. The first-order valence-corrected chi connectivity index (χ1v) is 13.7. The molecule has 0 bridgehead atoms. The number of carbonyl (C=O) groups is 2. The van der Waals surface area contributed by atoms with Crippen molar-refractivity contribution in [3.63, 3.8) is 0 Å². The van der Waals surface area contributed by atoms with Crippen LogP contribution in [0.25, 0.3) is 0 Å². The minimum atomic E-state index is -0.624. The molecule has 0 heterocycles. The van der Waals surface area contributed by atoms with Crippen LogP contribution in [0, 0.1) is 6.92 Å². The Bertz CT molecular complexity index is 1130. The SMILES string of the molecule is CC[C@H](C)NC(=O)[C@H](Cc1ccccc1)N(Cc1cccc(Br)c1)C(=O)CCCOc1ccc(C)cc1. The lowest BCUT2D eigenvalue weighted by atomic mass is 10.0. The summed E-state index contributed by atoms with van der Waals surface area (Å²) < 4.78 is 6.78. The summed E-state index contributed by atoms with van der Waals surface area (Å²) in [4.78, 5) is 28.9. The van der Waals surface area contributed by atoms with Crippen LogP contribution in [-0.4, -0.2) is 35.4 Å². The first-order valence-electron chi connectivity index (χ1n) is 12.9. The standard InChI is InChI=1S/C31H37BrN2O3/c1-4-24(3)33-31(36)29(21-25-10-6-5-7-11-25)34(22-26-12-8-13-27(32)20-26)30(35)14-9-19-37-28-17-15-23(2)16-18-28/h5-8,10-13,15-18,20,24,29H,4,9,14,19,21-22H2,1-3H3,(H,33,36)/t24-,29-/m0/s1. The van der Waals surface area contributed by atoms with E-state index in [4.69, 9.17) is 4.74 Å². The Hall–Kier alpha value is -3.12. The molecule has 2 amide bonds. The number of hydrogen-bond donors (Lipinski definition) is 1. The molecule has 196 valence electrons. The Balaban J connectivity index is 1.79. The summed E-state index contributed by atoms with van der Waals surface area (Å²) >= 11 is 3.53. The van der Waals surface area contributed by atoms with Gasteiger partial charge in [0.25, 0.3) is 0 Å². The molecular weight excluding hydrogens is 528 g/mol. The van der Waals surface area contributed by atoms with E-state index in [0.29, 0.717) is 32.4 Å². The molecule has 0 aliphatic rings.